The van der Waals surface area contributed by atoms with Crippen LogP contribution in [-0.2, 0) is 5.41 Å². The fourth-order valence-electron chi connectivity index (χ4n) is 2.22. The number of anilines is 2. The van der Waals surface area contributed by atoms with Gasteiger partial charge in [-0.1, -0.05) is 20.8 Å². The molecule has 0 aliphatic carbocycles. The Hall–Kier alpha value is -1.36. The van der Waals surface area contributed by atoms with Gasteiger partial charge < -0.3 is 15.3 Å². The molecule has 0 saturated carbocycles. The quantitative estimate of drug-likeness (QED) is 0.852. The first-order valence-electron chi connectivity index (χ1n) is 6.90. The summed E-state index contributed by atoms with van der Waals surface area (Å²) in [4.78, 5) is 11.3. The van der Waals surface area contributed by atoms with Crippen molar-refractivity contribution in [1.82, 2.24) is 9.97 Å². The summed E-state index contributed by atoms with van der Waals surface area (Å²) in [6.45, 7) is 7.92. The van der Waals surface area contributed by atoms with E-state index >= 15 is 0 Å². The van der Waals surface area contributed by atoms with Crippen LogP contribution in [0.1, 0.15) is 39.4 Å². The van der Waals surface area contributed by atoms with Gasteiger partial charge in [0, 0.05) is 31.6 Å². The SMILES string of the molecule is CNc1cc(N2CCCC(O)C2)nc(C(C)(C)C)n1. The summed E-state index contributed by atoms with van der Waals surface area (Å²) < 4.78 is 0. The van der Waals surface area contributed by atoms with Crippen molar-refractivity contribution in [2.24, 2.45) is 0 Å². The molecule has 2 heterocycles. The van der Waals surface area contributed by atoms with Gasteiger partial charge in [0.1, 0.15) is 17.5 Å². The van der Waals surface area contributed by atoms with Crippen molar-refractivity contribution in [2.75, 3.05) is 30.4 Å². The lowest BCUT2D eigenvalue weighted by Gasteiger charge is -2.32. The van der Waals surface area contributed by atoms with Crippen molar-refractivity contribution < 1.29 is 5.11 Å². The summed E-state index contributed by atoms with van der Waals surface area (Å²) in [6.07, 6.45) is 1.64. The van der Waals surface area contributed by atoms with Crippen LogP contribution in [0.2, 0.25) is 0 Å². The Balaban J connectivity index is 2.34. The number of aromatic nitrogens is 2. The van der Waals surface area contributed by atoms with Crippen LogP contribution in [-0.4, -0.2) is 41.3 Å². The number of rotatable bonds is 2. The Bertz CT molecular complexity index is 442. The summed E-state index contributed by atoms with van der Waals surface area (Å²) in [5.74, 6) is 2.56. The van der Waals surface area contributed by atoms with Crippen molar-refractivity contribution in [3.8, 4) is 0 Å². The molecule has 1 aliphatic heterocycles. The van der Waals surface area contributed by atoms with Crippen LogP contribution in [0.3, 0.4) is 0 Å². The van der Waals surface area contributed by atoms with E-state index in [0.717, 1.165) is 36.8 Å². The van der Waals surface area contributed by atoms with E-state index in [0.29, 0.717) is 6.54 Å². The zero-order valence-corrected chi connectivity index (χ0v) is 12.3. The minimum atomic E-state index is -0.250. The molecule has 5 nitrogen and oxygen atoms in total. The summed E-state index contributed by atoms with van der Waals surface area (Å²) in [6, 6.07) is 1.95. The lowest BCUT2D eigenvalue weighted by molar-refractivity contribution is 0.154. The van der Waals surface area contributed by atoms with E-state index < -0.39 is 0 Å². The normalized spacial score (nSPS) is 20.5. The van der Waals surface area contributed by atoms with Crippen molar-refractivity contribution in [1.29, 1.82) is 0 Å². The smallest absolute Gasteiger partial charge is 0.138 e. The molecule has 0 amide bonds. The Kier molecular flexibility index (Phi) is 3.94. The lowest BCUT2D eigenvalue weighted by atomic mass is 9.95. The number of nitrogens with zero attached hydrogens (tertiary/aromatic N) is 3. The fourth-order valence-corrected chi connectivity index (χ4v) is 2.22. The maximum absolute atomic E-state index is 9.80. The van der Waals surface area contributed by atoms with Crippen molar-refractivity contribution in [3.05, 3.63) is 11.9 Å². The first kappa shape index (κ1) is 14.1. The maximum Gasteiger partial charge on any atom is 0.138 e. The molecule has 0 radical (unpaired) electrons. The van der Waals surface area contributed by atoms with Crippen molar-refractivity contribution in [2.45, 2.75) is 45.1 Å². The standard InChI is InChI=1S/C14H24N4O/c1-14(2,3)13-16-11(15-4)8-12(17-13)18-7-5-6-10(19)9-18/h8,10,19H,5-7,9H2,1-4H3,(H,15,16,17). The maximum atomic E-state index is 9.80. The monoisotopic (exact) mass is 264 g/mol. The largest absolute Gasteiger partial charge is 0.391 e. The summed E-state index contributed by atoms with van der Waals surface area (Å²) >= 11 is 0. The number of piperidine rings is 1. The molecule has 0 spiro atoms. The Morgan fingerprint density at radius 1 is 1.37 bits per heavy atom. The van der Waals surface area contributed by atoms with Gasteiger partial charge in [-0.15, -0.1) is 0 Å². The van der Waals surface area contributed by atoms with Crippen molar-refractivity contribution >= 4 is 11.6 Å². The highest BCUT2D eigenvalue weighted by molar-refractivity contribution is 5.50. The van der Waals surface area contributed by atoms with Crippen LogP contribution in [0.15, 0.2) is 6.07 Å². The van der Waals surface area contributed by atoms with E-state index in [4.69, 9.17) is 0 Å². The Labute approximate surface area is 115 Å². The van der Waals surface area contributed by atoms with Crippen LogP contribution in [0.25, 0.3) is 0 Å². The zero-order valence-electron chi connectivity index (χ0n) is 12.3. The van der Waals surface area contributed by atoms with Gasteiger partial charge in [-0.25, -0.2) is 9.97 Å². The van der Waals surface area contributed by atoms with Crippen LogP contribution in [0.5, 0.6) is 0 Å². The number of nitrogens with one attached hydrogen (secondary N) is 1. The highest BCUT2D eigenvalue weighted by Gasteiger charge is 2.23. The Morgan fingerprint density at radius 2 is 2.11 bits per heavy atom. The number of β-amino-alcohol motifs (C(OH)–C–C–N with tert-alkyl or cyclic N) is 1. The second-order valence-electron chi connectivity index (χ2n) is 6.18. The van der Waals surface area contributed by atoms with Crippen LogP contribution in [0, 0.1) is 0 Å². The minimum Gasteiger partial charge on any atom is -0.391 e. The minimum absolute atomic E-state index is 0.0873. The second kappa shape index (κ2) is 5.33. The van der Waals surface area contributed by atoms with Gasteiger partial charge in [0.15, 0.2) is 0 Å². The van der Waals surface area contributed by atoms with Crippen LogP contribution >= 0.6 is 0 Å². The predicted molar refractivity (Wildman–Crippen MR) is 77.7 cm³/mol. The van der Waals surface area contributed by atoms with Crippen molar-refractivity contribution in [3.63, 3.8) is 0 Å². The molecule has 2 N–H and O–H groups in total. The van der Waals surface area contributed by atoms with E-state index in [9.17, 15) is 5.11 Å². The number of hydrogen-bond acceptors (Lipinski definition) is 5. The molecule has 5 heteroatoms. The first-order valence-corrected chi connectivity index (χ1v) is 6.90. The van der Waals surface area contributed by atoms with E-state index in [1.165, 1.54) is 0 Å². The summed E-state index contributed by atoms with van der Waals surface area (Å²) in [7, 11) is 1.86. The summed E-state index contributed by atoms with van der Waals surface area (Å²) in [5, 5.41) is 12.9. The fraction of sp³-hybridized carbons (Fsp3) is 0.714. The summed E-state index contributed by atoms with van der Waals surface area (Å²) in [5.41, 5.74) is -0.0873. The van der Waals surface area contributed by atoms with Gasteiger partial charge in [-0.3, -0.25) is 0 Å². The molecule has 1 unspecified atom stereocenters. The third-order valence-corrected chi connectivity index (χ3v) is 3.36. The van der Waals surface area contributed by atoms with Gasteiger partial charge in [-0.2, -0.15) is 0 Å². The average molecular weight is 264 g/mol. The molecule has 0 aromatic carbocycles. The van der Waals surface area contributed by atoms with E-state index in [2.05, 4.69) is 41.0 Å². The van der Waals surface area contributed by atoms with Gasteiger partial charge in [-0.05, 0) is 12.8 Å². The molecule has 1 aromatic rings. The molecule has 1 aromatic heterocycles. The number of hydrogen-bond donors (Lipinski definition) is 2. The lowest BCUT2D eigenvalue weighted by Crippen LogP contribution is -2.39. The second-order valence-corrected chi connectivity index (χ2v) is 6.18. The topological polar surface area (TPSA) is 61.3 Å². The molecular formula is C14H24N4O. The molecule has 1 fully saturated rings. The first-order chi connectivity index (χ1) is 8.90. The highest BCUT2D eigenvalue weighted by Crippen LogP contribution is 2.25. The molecule has 1 aliphatic rings. The van der Waals surface area contributed by atoms with Gasteiger partial charge >= 0.3 is 0 Å². The third kappa shape index (κ3) is 3.35. The molecule has 106 valence electrons. The molecule has 1 atom stereocenters. The Morgan fingerprint density at radius 3 is 2.68 bits per heavy atom. The average Bonchev–Trinajstić information content (AvgIpc) is 2.37. The van der Waals surface area contributed by atoms with E-state index in [1.807, 2.05) is 13.1 Å². The van der Waals surface area contributed by atoms with E-state index in [-0.39, 0.29) is 11.5 Å². The number of aliphatic hydroxyl groups is 1. The molecule has 19 heavy (non-hydrogen) atoms. The van der Waals surface area contributed by atoms with Crippen LogP contribution < -0.4 is 10.2 Å². The van der Waals surface area contributed by atoms with Crippen LogP contribution in [0.4, 0.5) is 11.6 Å². The van der Waals surface area contributed by atoms with Gasteiger partial charge in [0.2, 0.25) is 0 Å². The third-order valence-electron chi connectivity index (χ3n) is 3.36. The zero-order chi connectivity index (χ0) is 14.0. The predicted octanol–water partition coefficient (Wildman–Crippen LogP) is 1.78. The molecule has 1 saturated heterocycles. The van der Waals surface area contributed by atoms with Gasteiger partial charge in [0.25, 0.3) is 0 Å². The molecular weight excluding hydrogens is 240 g/mol. The highest BCUT2D eigenvalue weighted by atomic mass is 16.3. The van der Waals surface area contributed by atoms with E-state index in [1.54, 1.807) is 0 Å². The molecule has 0 bridgehead atoms. The number of aliphatic hydroxyl groups excluding tert-OH is 1. The molecule has 2 rings (SSSR count). The van der Waals surface area contributed by atoms with Gasteiger partial charge in [0.05, 0.1) is 6.10 Å².